The number of methoxy groups -OCH3 is 1. The summed E-state index contributed by atoms with van der Waals surface area (Å²) in [7, 11) is 1.65. The smallest absolute Gasteiger partial charge is 0.135 e. The van der Waals surface area contributed by atoms with Gasteiger partial charge in [-0.25, -0.2) is 9.97 Å². The maximum Gasteiger partial charge on any atom is 0.135 e. The van der Waals surface area contributed by atoms with Gasteiger partial charge in [-0.15, -0.1) is 0 Å². The van der Waals surface area contributed by atoms with Crippen molar-refractivity contribution in [2.24, 2.45) is 0 Å². The zero-order valence-electron chi connectivity index (χ0n) is 11.1. The van der Waals surface area contributed by atoms with E-state index in [1.165, 1.54) is 0 Å². The summed E-state index contributed by atoms with van der Waals surface area (Å²) < 4.78 is 5.38. The molecule has 0 spiro atoms. The van der Waals surface area contributed by atoms with Crippen LogP contribution in [-0.2, 0) is 0 Å². The number of benzene rings is 1. The first-order chi connectivity index (χ1) is 8.52. The summed E-state index contributed by atoms with van der Waals surface area (Å²) in [4.78, 5) is 8.60. The van der Waals surface area contributed by atoms with Crippen LogP contribution in [-0.4, -0.2) is 17.1 Å². The van der Waals surface area contributed by atoms with Crippen LogP contribution in [0.25, 0.3) is 11.1 Å². The molecule has 1 aromatic carbocycles. The van der Waals surface area contributed by atoms with E-state index in [4.69, 9.17) is 10.5 Å². The highest BCUT2D eigenvalue weighted by molar-refractivity contribution is 5.80. The molecule has 18 heavy (non-hydrogen) atoms. The average molecular weight is 243 g/mol. The van der Waals surface area contributed by atoms with Crippen molar-refractivity contribution in [1.29, 1.82) is 0 Å². The molecule has 0 aliphatic heterocycles. The van der Waals surface area contributed by atoms with Gasteiger partial charge in [0.05, 0.1) is 12.8 Å². The Morgan fingerprint density at radius 1 is 1.11 bits per heavy atom. The van der Waals surface area contributed by atoms with Crippen molar-refractivity contribution in [2.75, 3.05) is 12.8 Å². The third-order valence-corrected chi connectivity index (χ3v) is 2.85. The lowest BCUT2D eigenvalue weighted by atomic mass is 10.0. The molecule has 0 radical (unpaired) electrons. The van der Waals surface area contributed by atoms with Gasteiger partial charge >= 0.3 is 0 Å². The van der Waals surface area contributed by atoms with Crippen LogP contribution in [0.3, 0.4) is 0 Å². The molecule has 0 saturated heterocycles. The maximum atomic E-state index is 6.02. The van der Waals surface area contributed by atoms with E-state index < -0.39 is 0 Å². The highest BCUT2D eigenvalue weighted by atomic mass is 16.5. The van der Waals surface area contributed by atoms with E-state index in [0.29, 0.717) is 11.6 Å². The van der Waals surface area contributed by atoms with Crippen LogP contribution in [0, 0.1) is 20.8 Å². The molecule has 2 aromatic rings. The second kappa shape index (κ2) is 4.64. The number of nitrogen functional groups attached to an aromatic ring is 1. The molecule has 4 heteroatoms. The quantitative estimate of drug-likeness (QED) is 0.880. The van der Waals surface area contributed by atoms with E-state index in [9.17, 15) is 0 Å². The third-order valence-electron chi connectivity index (χ3n) is 2.85. The number of anilines is 1. The Kier molecular flexibility index (Phi) is 3.19. The van der Waals surface area contributed by atoms with E-state index in [2.05, 4.69) is 9.97 Å². The monoisotopic (exact) mass is 243 g/mol. The number of nitrogens with zero attached hydrogens (tertiary/aromatic N) is 2. The Bertz CT molecular complexity index is 571. The van der Waals surface area contributed by atoms with Crippen molar-refractivity contribution in [3.05, 3.63) is 35.3 Å². The van der Waals surface area contributed by atoms with Crippen molar-refractivity contribution in [2.45, 2.75) is 20.8 Å². The highest BCUT2D eigenvalue weighted by Gasteiger charge is 2.14. The minimum atomic E-state index is 0.490. The van der Waals surface area contributed by atoms with Crippen LogP contribution in [0.15, 0.2) is 18.2 Å². The minimum absolute atomic E-state index is 0.490. The van der Waals surface area contributed by atoms with E-state index in [-0.39, 0.29) is 0 Å². The number of aryl methyl sites for hydroxylation is 3. The minimum Gasteiger partial charge on any atom is -0.496 e. The molecule has 94 valence electrons. The molecule has 2 rings (SSSR count). The van der Waals surface area contributed by atoms with Gasteiger partial charge in [-0.05, 0) is 32.9 Å². The van der Waals surface area contributed by atoms with E-state index >= 15 is 0 Å². The van der Waals surface area contributed by atoms with Crippen molar-refractivity contribution in [3.63, 3.8) is 0 Å². The molecular weight excluding hydrogens is 226 g/mol. The summed E-state index contributed by atoms with van der Waals surface area (Å²) in [5.41, 5.74) is 9.82. The molecule has 4 nitrogen and oxygen atoms in total. The molecule has 1 heterocycles. The standard InChI is InChI=1S/C14H17N3O/c1-8-5-6-12(18-4)11(7-8)13-9(2)16-10(3)17-14(13)15/h5-7H,1-4H3,(H2,15,16,17). The maximum absolute atomic E-state index is 6.02. The van der Waals surface area contributed by atoms with Gasteiger partial charge in [-0.1, -0.05) is 11.6 Å². The number of nitrogens with two attached hydrogens (primary N) is 1. The molecule has 0 bridgehead atoms. The summed E-state index contributed by atoms with van der Waals surface area (Å²) in [5, 5.41) is 0. The second-order valence-electron chi connectivity index (χ2n) is 4.32. The largest absolute Gasteiger partial charge is 0.496 e. The van der Waals surface area contributed by atoms with E-state index in [1.807, 2.05) is 39.0 Å². The zero-order chi connectivity index (χ0) is 13.3. The lowest BCUT2D eigenvalue weighted by molar-refractivity contribution is 0.416. The molecule has 0 amide bonds. The normalized spacial score (nSPS) is 10.4. The first kappa shape index (κ1) is 12.4. The van der Waals surface area contributed by atoms with Gasteiger partial charge in [-0.2, -0.15) is 0 Å². The first-order valence-electron chi connectivity index (χ1n) is 5.78. The summed E-state index contributed by atoms with van der Waals surface area (Å²) >= 11 is 0. The molecule has 0 saturated carbocycles. The molecule has 0 fully saturated rings. The zero-order valence-corrected chi connectivity index (χ0v) is 11.1. The van der Waals surface area contributed by atoms with Gasteiger partial charge in [0.15, 0.2) is 0 Å². The fraction of sp³-hybridized carbons (Fsp3) is 0.286. The van der Waals surface area contributed by atoms with Crippen molar-refractivity contribution >= 4 is 5.82 Å². The Balaban J connectivity index is 2.72. The number of ether oxygens (including phenoxy) is 1. The topological polar surface area (TPSA) is 61.0 Å². The number of aromatic nitrogens is 2. The van der Waals surface area contributed by atoms with Crippen LogP contribution in [0.2, 0.25) is 0 Å². The SMILES string of the molecule is COc1ccc(C)cc1-c1c(C)nc(C)nc1N. The van der Waals surface area contributed by atoms with Crippen LogP contribution < -0.4 is 10.5 Å². The number of rotatable bonds is 2. The van der Waals surface area contributed by atoms with Gasteiger partial charge in [0.25, 0.3) is 0 Å². The van der Waals surface area contributed by atoms with Crippen molar-refractivity contribution in [3.8, 4) is 16.9 Å². The summed E-state index contributed by atoms with van der Waals surface area (Å²) in [5.74, 6) is 1.95. The van der Waals surface area contributed by atoms with Crippen LogP contribution >= 0.6 is 0 Å². The average Bonchev–Trinajstić information content (AvgIpc) is 2.28. The lowest BCUT2D eigenvalue weighted by Crippen LogP contribution is -2.03. The van der Waals surface area contributed by atoms with E-state index in [0.717, 1.165) is 28.1 Å². The predicted octanol–water partition coefficient (Wildman–Crippen LogP) is 2.66. The number of hydrogen-bond donors (Lipinski definition) is 1. The summed E-state index contributed by atoms with van der Waals surface area (Å²) in [6.45, 7) is 5.80. The van der Waals surface area contributed by atoms with E-state index in [1.54, 1.807) is 7.11 Å². The number of hydrogen-bond acceptors (Lipinski definition) is 4. The molecule has 2 N–H and O–H groups in total. The Morgan fingerprint density at radius 2 is 1.83 bits per heavy atom. The Labute approximate surface area is 107 Å². The lowest BCUT2D eigenvalue weighted by Gasteiger charge is -2.13. The van der Waals surface area contributed by atoms with Crippen LogP contribution in [0.1, 0.15) is 17.1 Å². The van der Waals surface area contributed by atoms with Crippen molar-refractivity contribution < 1.29 is 4.74 Å². The van der Waals surface area contributed by atoms with Crippen LogP contribution in [0.5, 0.6) is 5.75 Å². The Morgan fingerprint density at radius 3 is 2.44 bits per heavy atom. The summed E-state index contributed by atoms with van der Waals surface area (Å²) in [6.07, 6.45) is 0. The van der Waals surface area contributed by atoms with Gasteiger partial charge in [-0.3, -0.25) is 0 Å². The molecule has 0 atom stereocenters. The molecular formula is C14H17N3O. The fourth-order valence-corrected chi connectivity index (χ4v) is 2.09. The molecule has 1 aromatic heterocycles. The van der Waals surface area contributed by atoms with Gasteiger partial charge in [0, 0.05) is 11.1 Å². The van der Waals surface area contributed by atoms with Gasteiger partial charge in [0.1, 0.15) is 17.4 Å². The van der Waals surface area contributed by atoms with Crippen LogP contribution in [0.4, 0.5) is 5.82 Å². The Hall–Kier alpha value is -2.10. The molecule has 0 aliphatic carbocycles. The van der Waals surface area contributed by atoms with Gasteiger partial charge in [0.2, 0.25) is 0 Å². The highest BCUT2D eigenvalue weighted by Crippen LogP contribution is 2.35. The van der Waals surface area contributed by atoms with Crippen molar-refractivity contribution in [1.82, 2.24) is 9.97 Å². The molecule has 0 unspecified atom stereocenters. The second-order valence-corrected chi connectivity index (χ2v) is 4.32. The summed E-state index contributed by atoms with van der Waals surface area (Å²) in [6, 6.07) is 5.97. The predicted molar refractivity (Wildman–Crippen MR) is 72.6 cm³/mol. The fourth-order valence-electron chi connectivity index (χ4n) is 2.09. The van der Waals surface area contributed by atoms with Gasteiger partial charge < -0.3 is 10.5 Å². The molecule has 0 aliphatic rings. The third kappa shape index (κ3) is 2.14. The first-order valence-corrected chi connectivity index (χ1v) is 5.78.